The molecule has 0 unspecified atom stereocenters. The van der Waals surface area contributed by atoms with E-state index in [1.165, 1.54) is 0 Å². The van der Waals surface area contributed by atoms with Crippen molar-refractivity contribution in [2.75, 3.05) is 10.6 Å². The van der Waals surface area contributed by atoms with Crippen LogP contribution in [0.4, 0.5) is 11.6 Å². The fraction of sp³-hybridized carbons (Fsp3) is 0.227. The predicted molar refractivity (Wildman–Crippen MR) is 113 cm³/mol. The molecule has 0 fully saturated rings. The molecule has 0 spiro atoms. The highest BCUT2D eigenvalue weighted by molar-refractivity contribution is 6.04. The lowest BCUT2D eigenvalue weighted by atomic mass is 10.2. The molecule has 2 N–H and O–H groups in total. The summed E-state index contributed by atoms with van der Waals surface area (Å²) in [5, 5.41) is 5.88. The summed E-state index contributed by atoms with van der Waals surface area (Å²) < 4.78 is 5.87. The van der Waals surface area contributed by atoms with Crippen molar-refractivity contribution in [1.82, 2.24) is 9.97 Å². The highest BCUT2D eigenvalue weighted by Gasteiger charge is 2.09. The molecule has 146 valence electrons. The first-order valence-corrected chi connectivity index (χ1v) is 9.02. The van der Waals surface area contributed by atoms with Crippen LogP contribution in [0.25, 0.3) is 0 Å². The quantitative estimate of drug-likeness (QED) is 0.503. The smallest absolute Gasteiger partial charge is 0.255 e. The van der Waals surface area contributed by atoms with Crippen molar-refractivity contribution in [2.24, 2.45) is 0 Å². The van der Waals surface area contributed by atoms with E-state index in [0.717, 1.165) is 5.57 Å². The van der Waals surface area contributed by atoms with Crippen LogP contribution in [0.3, 0.4) is 0 Å². The summed E-state index contributed by atoms with van der Waals surface area (Å²) in [4.78, 5) is 20.7. The Morgan fingerprint density at radius 1 is 1.11 bits per heavy atom. The second kappa shape index (κ2) is 10.1. The number of amides is 1. The minimum atomic E-state index is -0.215. The highest BCUT2D eigenvalue weighted by atomic mass is 16.5. The fourth-order valence-corrected chi connectivity index (χ4v) is 2.27. The number of benzene rings is 1. The Morgan fingerprint density at radius 2 is 1.75 bits per heavy atom. The van der Waals surface area contributed by atoms with Crippen LogP contribution in [-0.2, 0) is 4.74 Å². The van der Waals surface area contributed by atoms with Gasteiger partial charge < -0.3 is 15.4 Å². The lowest BCUT2D eigenvalue weighted by Gasteiger charge is -2.16. The first kappa shape index (κ1) is 20.9. The van der Waals surface area contributed by atoms with Crippen molar-refractivity contribution in [3.05, 3.63) is 84.0 Å². The summed E-state index contributed by atoms with van der Waals surface area (Å²) in [6, 6.07) is 8.97. The number of rotatable bonds is 8. The van der Waals surface area contributed by atoms with Crippen molar-refractivity contribution in [1.29, 1.82) is 0 Å². The van der Waals surface area contributed by atoms with E-state index in [-0.39, 0.29) is 12.0 Å². The number of hydrogen-bond donors (Lipinski definition) is 2. The standard InChI is InChI=1S/C22H26N4O2/c1-6-19(20(12-15(2)3)28-16(4)5)26-22-23-13-18(14-24-22)25-21(27)17-10-8-7-9-11-17/h6-14,16H,1H2,2-5H3,(H,25,27)(H,23,24,26)/b20-19-. The third kappa shape index (κ3) is 6.39. The zero-order chi connectivity index (χ0) is 20.5. The maximum Gasteiger partial charge on any atom is 0.255 e. The van der Waals surface area contributed by atoms with E-state index in [0.29, 0.717) is 28.7 Å². The molecule has 1 aromatic carbocycles. The molecule has 0 atom stereocenters. The van der Waals surface area contributed by atoms with Gasteiger partial charge in [-0.15, -0.1) is 0 Å². The second-order valence-electron chi connectivity index (χ2n) is 6.61. The summed E-state index contributed by atoms with van der Waals surface area (Å²) in [7, 11) is 0. The van der Waals surface area contributed by atoms with E-state index in [1.807, 2.05) is 52.0 Å². The second-order valence-corrected chi connectivity index (χ2v) is 6.61. The number of nitrogens with one attached hydrogen (secondary N) is 2. The van der Waals surface area contributed by atoms with Crippen LogP contribution < -0.4 is 10.6 Å². The minimum Gasteiger partial charge on any atom is -0.489 e. The number of ether oxygens (including phenoxy) is 1. The average molecular weight is 378 g/mol. The summed E-state index contributed by atoms with van der Waals surface area (Å²) in [6.45, 7) is 11.7. The summed E-state index contributed by atoms with van der Waals surface area (Å²) in [5.74, 6) is 0.822. The molecule has 2 aromatic rings. The zero-order valence-electron chi connectivity index (χ0n) is 16.7. The molecule has 0 aliphatic rings. The van der Waals surface area contributed by atoms with Crippen molar-refractivity contribution >= 4 is 17.5 Å². The van der Waals surface area contributed by atoms with Crippen molar-refractivity contribution in [3.8, 4) is 0 Å². The topological polar surface area (TPSA) is 76.1 Å². The summed E-state index contributed by atoms with van der Waals surface area (Å²) in [5.41, 5.74) is 2.83. The van der Waals surface area contributed by atoms with Crippen LogP contribution in [-0.4, -0.2) is 22.0 Å². The number of allylic oxidation sites excluding steroid dienone is 3. The third-order valence-electron chi connectivity index (χ3n) is 3.44. The molecule has 0 aliphatic heterocycles. The van der Waals surface area contributed by atoms with Gasteiger partial charge in [0, 0.05) is 5.56 Å². The van der Waals surface area contributed by atoms with Gasteiger partial charge >= 0.3 is 0 Å². The fourth-order valence-electron chi connectivity index (χ4n) is 2.27. The number of aromatic nitrogens is 2. The Hall–Kier alpha value is -3.41. The SMILES string of the molecule is C=C/C(Nc1ncc(NC(=O)c2ccccc2)cn1)=C(\C=C(C)C)OC(C)C. The molecule has 0 radical (unpaired) electrons. The van der Waals surface area contributed by atoms with Crippen LogP contribution in [0.15, 0.2) is 78.5 Å². The molecule has 0 saturated carbocycles. The van der Waals surface area contributed by atoms with Gasteiger partial charge in [-0.3, -0.25) is 4.79 Å². The van der Waals surface area contributed by atoms with Gasteiger partial charge in [0.15, 0.2) is 0 Å². The lowest BCUT2D eigenvalue weighted by molar-refractivity contribution is 0.102. The maximum absolute atomic E-state index is 12.2. The van der Waals surface area contributed by atoms with Crippen LogP contribution >= 0.6 is 0 Å². The Labute approximate surface area is 166 Å². The largest absolute Gasteiger partial charge is 0.489 e. The highest BCUT2D eigenvalue weighted by Crippen LogP contribution is 2.16. The molecule has 0 bridgehead atoms. The Balaban J connectivity index is 2.15. The average Bonchev–Trinajstić information content (AvgIpc) is 2.66. The Morgan fingerprint density at radius 3 is 2.29 bits per heavy atom. The van der Waals surface area contributed by atoms with Gasteiger partial charge in [0.25, 0.3) is 5.91 Å². The van der Waals surface area contributed by atoms with E-state index in [9.17, 15) is 4.79 Å². The van der Waals surface area contributed by atoms with Crippen LogP contribution in [0, 0.1) is 0 Å². The Kier molecular flexibility index (Phi) is 7.51. The van der Waals surface area contributed by atoms with Crippen molar-refractivity contribution in [3.63, 3.8) is 0 Å². The number of anilines is 2. The molecule has 1 heterocycles. The molecule has 1 amide bonds. The maximum atomic E-state index is 12.2. The van der Waals surface area contributed by atoms with Crippen LogP contribution in [0.5, 0.6) is 0 Å². The van der Waals surface area contributed by atoms with Gasteiger partial charge in [0.1, 0.15) is 5.76 Å². The van der Waals surface area contributed by atoms with Gasteiger partial charge in [-0.25, -0.2) is 9.97 Å². The van der Waals surface area contributed by atoms with Crippen molar-refractivity contribution < 1.29 is 9.53 Å². The normalized spacial score (nSPS) is 11.3. The molecule has 2 rings (SSSR count). The molecule has 0 aliphatic carbocycles. The number of carbonyl (C=O) groups excluding carboxylic acids is 1. The van der Waals surface area contributed by atoms with Gasteiger partial charge in [0.2, 0.25) is 5.95 Å². The predicted octanol–water partition coefficient (Wildman–Crippen LogP) is 4.93. The van der Waals surface area contributed by atoms with E-state index >= 15 is 0 Å². The first-order valence-electron chi connectivity index (χ1n) is 9.02. The molecular weight excluding hydrogens is 352 g/mol. The monoisotopic (exact) mass is 378 g/mol. The molecule has 0 saturated heterocycles. The van der Waals surface area contributed by atoms with E-state index in [1.54, 1.807) is 30.6 Å². The first-order chi connectivity index (χ1) is 13.4. The molecule has 28 heavy (non-hydrogen) atoms. The van der Waals surface area contributed by atoms with E-state index in [4.69, 9.17) is 4.74 Å². The van der Waals surface area contributed by atoms with Gasteiger partial charge in [-0.2, -0.15) is 0 Å². The van der Waals surface area contributed by atoms with Crippen LogP contribution in [0.1, 0.15) is 38.1 Å². The number of carbonyl (C=O) groups is 1. The third-order valence-corrected chi connectivity index (χ3v) is 3.44. The number of nitrogens with zero attached hydrogens (tertiary/aromatic N) is 2. The zero-order valence-corrected chi connectivity index (χ0v) is 16.7. The van der Waals surface area contributed by atoms with E-state index in [2.05, 4.69) is 27.2 Å². The molecular formula is C22H26N4O2. The minimum absolute atomic E-state index is 0.0128. The van der Waals surface area contributed by atoms with Gasteiger partial charge in [-0.1, -0.05) is 30.4 Å². The molecule has 6 nitrogen and oxygen atoms in total. The van der Waals surface area contributed by atoms with Crippen molar-refractivity contribution in [2.45, 2.75) is 33.8 Å². The molecule has 6 heteroatoms. The molecule has 1 aromatic heterocycles. The Bertz CT molecular complexity index is 865. The van der Waals surface area contributed by atoms with Crippen LogP contribution in [0.2, 0.25) is 0 Å². The summed E-state index contributed by atoms with van der Waals surface area (Å²) >= 11 is 0. The van der Waals surface area contributed by atoms with Gasteiger partial charge in [-0.05, 0) is 52.0 Å². The van der Waals surface area contributed by atoms with Gasteiger partial charge in [0.05, 0.1) is 29.9 Å². The summed E-state index contributed by atoms with van der Waals surface area (Å²) in [6.07, 6.45) is 6.69. The number of hydrogen-bond acceptors (Lipinski definition) is 5. The van der Waals surface area contributed by atoms with E-state index < -0.39 is 0 Å². The lowest BCUT2D eigenvalue weighted by Crippen LogP contribution is -2.13.